The molecule has 1 aliphatic carbocycles. The van der Waals surface area contributed by atoms with Gasteiger partial charge in [-0.3, -0.25) is 0 Å². The lowest BCUT2D eigenvalue weighted by molar-refractivity contribution is 0.253. The normalized spacial score (nSPS) is 22.3. The number of halogens is 1. The molecule has 0 radical (unpaired) electrons. The van der Waals surface area contributed by atoms with Crippen LogP contribution in [-0.4, -0.2) is 37.1 Å². The van der Waals surface area contributed by atoms with E-state index in [1.807, 2.05) is 12.1 Å². The van der Waals surface area contributed by atoms with E-state index < -0.39 is 0 Å². The van der Waals surface area contributed by atoms with E-state index >= 15 is 0 Å². The molecule has 0 aromatic heterocycles. The maximum absolute atomic E-state index is 5.92. The minimum atomic E-state index is 0.646. The lowest BCUT2D eigenvalue weighted by Crippen LogP contribution is -2.41. The maximum atomic E-state index is 5.92. The second-order valence-electron chi connectivity index (χ2n) is 6.30. The molecule has 1 saturated carbocycles. The van der Waals surface area contributed by atoms with Crippen LogP contribution in [0.2, 0.25) is 5.02 Å². The number of nitrogens with zero attached hydrogens (tertiary/aromatic N) is 1. The van der Waals surface area contributed by atoms with Crippen LogP contribution in [0.25, 0.3) is 0 Å². The Morgan fingerprint density at radius 1 is 1.25 bits per heavy atom. The number of rotatable bonds is 7. The van der Waals surface area contributed by atoms with E-state index in [1.54, 1.807) is 0 Å². The van der Waals surface area contributed by atoms with Gasteiger partial charge in [-0.25, -0.2) is 0 Å². The van der Waals surface area contributed by atoms with Gasteiger partial charge in [0, 0.05) is 17.1 Å². The van der Waals surface area contributed by atoms with Crippen molar-refractivity contribution in [3.8, 4) is 0 Å². The van der Waals surface area contributed by atoms with Crippen LogP contribution in [0.15, 0.2) is 24.3 Å². The Hall–Kier alpha value is -0.570. The number of hydrogen-bond donors (Lipinski definition) is 1. The van der Waals surface area contributed by atoms with Crippen LogP contribution in [-0.2, 0) is 0 Å². The van der Waals surface area contributed by atoms with Crippen molar-refractivity contribution in [2.75, 3.05) is 20.1 Å². The molecule has 0 bridgehead atoms. The Balaban J connectivity index is 1.59. The Kier molecular flexibility index (Phi) is 5.88. The topological polar surface area (TPSA) is 15.3 Å². The highest BCUT2D eigenvalue weighted by atomic mass is 35.5. The fourth-order valence-corrected chi connectivity index (χ4v) is 2.81. The van der Waals surface area contributed by atoms with Gasteiger partial charge >= 0.3 is 0 Å². The van der Waals surface area contributed by atoms with Crippen molar-refractivity contribution in [2.24, 2.45) is 0 Å². The van der Waals surface area contributed by atoms with Gasteiger partial charge in [0.05, 0.1) is 0 Å². The smallest absolute Gasteiger partial charge is 0.0406 e. The van der Waals surface area contributed by atoms with Gasteiger partial charge < -0.3 is 10.2 Å². The molecule has 2 nitrogen and oxygen atoms in total. The molecule has 112 valence electrons. The molecule has 0 amide bonds. The van der Waals surface area contributed by atoms with E-state index in [9.17, 15) is 0 Å². The van der Waals surface area contributed by atoms with Crippen LogP contribution in [0.1, 0.15) is 44.6 Å². The predicted molar refractivity (Wildman–Crippen MR) is 87.6 cm³/mol. The highest BCUT2D eigenvalue weighted by molar-refractivity contribution is 6.30. The van der Waals surface area contributed by atoms with E-state index in [0.717, 1.165) is 17.5 Å². The molecule has 0 unspecified atom stereocenters. The van der Waals surface area contributed by atoms with Gasteiger partial charge in [0.1, 0.15) is 0 Å². The van der Waals surface area contributed by atoms with Gasteiger partial charge in [-0.05, 0) is 76.9 Å². The fraction of sp³-hybridized carbons (Fsp3) is 0.647. The number of nitrogens with one attached hydrogen (secondary N) is 1. The molecule has 1 aromatic rings. The first kappa shape index (κ1) is 15.8. The molecule has 0 aliphatic heterocycles. The first-order valence-corrected chi connectivity index (χ1v) is 8.13. The van der Waals surface area contributed by atoms with Crippen LogP contribution in [0.5, 0.6) is 0 Å². The van der Waals surface area contributed by atoms with Crippen LogP contribution in [0.4, 0.5) is 0 Å². The third-order valence-corrected chi connectivity index (χ3v) is 4.73. The lowest BCUT2D eigenvalue weighted by Gasteiger charge is -2.36. The summed E-state index contributed by atoms with van der Waals surface area (Å²) in [5, 5.41) is 4.50. The maximum Gasteiger partial charge on any atom is 0.0406 e. The summed E-state index contributed by atoms with van der Waals surface area (Å²) < 4.78 is 0. The molecule has 2 rings (SSSR count). The summed E-state index contributed by atoms with van der Waals surface area (Å²) in [6.07, 6.45) is 3.76. The lowest BCUT2D eigenvalue weighted by atomic mass is 9.76. The highest BCUT2D eigenvalue weighted by Gasteiger charge is 2.29. The first-order chi connectivity index (χ1) is 9.56. The van der Waals surface area contributed by atoms with Gasteiger partial charge in [-0.2, -0.15) is 0 Å². The second-order valence-corrected chi connectivity index (χ2v) is 6.74. The van der Waals surface area contributed by atoms with Crippen molar-refractivity contribution in [3.63, 3.8) is 0 Å². The minimum absolute atomic E-state index is 0.646. The summed E-state index contributed by atoms with van der Waals surface area (Å²) in [5.41, 5.74) is 1.44. The van der Waals surface area contributed by atoms with E-state index in [1.165, 1.54) is 31.4 Å². The van der Waals surface area contributed by atoms with Crippen LogP contribution >= 0.6 is 11.6 Å². The molecule has 1 aromatic carbocycles. The molecule has 0 atom stereocenters. The van der Waals surface area contributed by atoms with Gasteiger partial charge in [0.2, 0.25) is 0 Å². The van der Waals surface area contributed by atoms with Crippen molar-refractivity contribution < 1.29 is 0 Å². The third-order valence-electron chi connectivity index (χ3n) is 4.48. The predicted octanol–water partition coefficient (Wildman–Crippen LogP) is 3.91. The van der Waals surface area contributed by atoms with Gasteiger partial charge in [0.15, 0.2) is 0 Å². The molecule has 20 heavy (non-hydrogen) atoms. The largest absolute Gasteiger partial charge is 0.314 e. The zero-order chi connectivity index (χ0) is 14.5. The number of hydrogen-bond acceptors (Lipinski definition) is 2. The summed E-state index contributed by atoms with van der Waals surface area (Å²) in [5.74, 6) is 0.725. The average molecular weight is 295 g/mol. The van der Waals surface area contributed by atoms with Crippen molar-refractivity contribution >= 4 is 11.6 Å². The van der Waals surface area contributed by atoms with E-state index in [4.69, 9.17) is 11.6 Å². The Morgan fingerprint density at radius 3 is 2.50 bits per heavy atom. The molecule has 1 N–H and O–H groups in total. The molecule has 1 fully saturated rings. The third kappa shape index (κ3) is 4.47. The molecule has 0 saturated heterocycles. The molecular weight excluding hydrogens is 268 g/mol. The van der Waals surface area contributed by atoms with Crippen LogP contribution in [0.3, 0.4) is 0 Å². The van der Waals surface area contributed by atoms with Crippen molar-refractivity contribution in [3.05, 3.63) is 34.9 Å². The average Bonchev–Trinajstić information content (AvgIpc) is 2.37. The van der Waals surface area contributed by atoms with Crippen molar-refractivity contribution in [1.82, 2.24) is 10.2 Å². The van der Waals surface area contributed by atoms with Gasteiger partial charge in [0.25, 0.3) is 0 Å². The minimum Gasteiger partial charge on any atom is -0.314 e. The zero-order valence-corrected chi connectivity index (χ0v) is 13.7. The van der Waals surface area contributed by atoms with Crippen LogP contribution < -0.4 is 5.32 Å². The summed E-state index contributed by atoms with van der Waals surface area (Å²) >= 11 is 5.92. The van der Waals surface area contributed by atoms with Crippen molar-refractivity contribution in [2.45, 2.75) is 51.1 Å². The molecular formula is C17H27ClN2. The second kappa shape index (κ2) is 7.44. The molecule has 1 aliphatic rings. The fourth-order valence-electron chi connectivity index (χ4n) is 2.68. The van der Waals surface area contributed by atoms with Crippen molar-refractivity contribution in [1.29, 1.82) is 0 Å². The monoisotopic (exact) mass is 294 g/mol. The van der Waals surface area contributed by atoms with Gasteiger partial charge in [-0.15, -0.1) is 0 Å². The molecule has 0 spiro atoms. The standard InChI is InChI=1S/C17H27ClN2/c1-13(2)20(3)10-4-9-19-17-11-15(12-17)14-5-7-16(18)8-6-14/h5-8,13,15,17,19H,4,9-12H2,1-3H3. The highest BCUT2D eigenvalue weighted by Crippen LogP contribution is 2.37. The number of benzene rings is 1. The Bertz CT molecular complexity index is 396. The summed E-state index contributed by atoms with van der Waals surface area (Å²) in [7, 11) is 2.20. The molecule has 3 heteroatoms. The zero-order valence-electron chi connectivity index (χ0n) is 12.9. The summed E-state index contributed by atoms with van der Waals surface area (Å²) in [6.45, 7) is 6.80. The SMILES string of the molecule is CC(C)N(C)CCCNC1CC(c2ccc(Cl)cc2)C1. The van der Waals surface area contributed by atoms with Gasteiger partial charge in [-0.1, -0.05) is 23.7 Å². The Morgan fingerprint density at radius 2 is 1.90 bits per heavy atom. The van der Waals surface area contributed by atoms with Crippen LogP contribution in [0, 0.1) is 0 Å². The van der Waals surface area contributed by atoms with E-state index in [-0.39, 0.29) is 0 Å². The first-order valence-electron chi connectivity index (χ1n) is 7.75. The molecule has 0 heterocycles. The quantitative estimate of drug-likeness (QED) is 0.767. The van der Waals surface area contributed by atoms with E-state index in [0.29, 0.717) is 12.1 Å². The summed E-state index contributed by atoms with van der Waals surface area (Å²) in [4.78, 5) is 2.40. The summed E-state index contributed by atoms with van der Waals surface area (Å²) in [6, 6.07) is 9.69. The Labute approximate surface area is 128 Å². The van der Waals surface area contributed by atoms with E-state index in [2.05, 4.69) is 43.2 Å².